The first-order chi connectivity index (χ1) is 9.61. The monoisotopic (exact) mass is 273 g/mol. The molecule has 0 spiro atoms. The van der Waals surface area contributed by atoms with Gasteiger partial charge in [0.15, 0.2) is 0 Å². The van der Waals surface area contributed by atoms with Gasteiger partial charge in [0.25, 0.3) is 5.91 Å². The lowest BCUT2D eigenvalue weighted by atomic mass is 10.2. The summed E-state index contributed by atoms with van der Waals surface area (Å²) in [6.07, 6.45) is 0.970. The molecule has 0 aliphatic carbocycles. The lowest BCUT2D eigenvalue weighted by molar-refractivity contribution is 0.102. The summed E-state index contributed by atoms with van der Waals surface area (Å²) in [6.45, 7) is 6.39. The third kappa shape index (κ3) is 3.17. The van der Waals surface area contributed by atoms with Gasteiger partial charge in [-0.1, -0.05) is 6.92 Å². The number of carbonyl (C=O) groups excluding carboxylic acids is 1. The summed E-state index contributed by atoms with van der Waals surface area (Å²) in [4.78, 5) is 12.2. The van der Waals surface area contributed by atoms with Crippen LogP contribution >= 0.6 is 0 Å². The maximum absolute atomic E-state index is 12.2. The normalized spacial score (nSPS) is 10.3. The maximum Gasteiger partial charge on any atom is 0.259 e. The fourth-order valence-electron chi connectivity index (χ4n) is 1.93. The Kier molecular flexibility index (Phi) is 4.40. The number of aromatic amines is 1. The molecule has 0 unspecified atom stereocenters. The van der Waals surface area contributed by atoms with E-state index in [1.165, 1.54) is 0 Å². The molecule has 1 aromatic heterocycles. The van der Waals surface area contributed by atoms with E-state index >= 15 is 0 Å². The minimum atomic E-state index is -0.157. The van der Waals surface area contributed by atoms with E-state index in [1.54, 1.807) is 6.92 Å². The number of carbonyl (C=O) groups is 1. The zero-order valence-corrected chi connectivity index (χ0v) is 12.0. The standard InChI is InChI=1S/C15H19N3O2/c1-4-9-20-13-7-5-12(6-8-13)16-15(19)14-10(2)17-18-11(14)3/h5-8H,4,9H2,1-3H3,(H,16,19)(H,17,18). The molecular formula is C15H19N3O2. The number of nitrogens with zero attached hydrogens (tertiary/aromatic N) is 1. The lowest BCUT2D eigenvalue weighted by Gasteiger charge is -2.07. The van der Waals surface area contributed by atoms with Crippen LogP contribution in [-0.4, -0.2) is 22.7 Å². The Hall–Kier alpha value is -2.30. The van der Waals surface area contributed by atoms with Crippen LogP contribution in [0.3, 0.4) is 0 Å². The second kappa shape index (κ2) is 6.23. The zero-order valence-electron chi connectivity index (χ0n) is 12.0. The molecule has 2 aromatic rings. The number of aryl methyl sites for hydroxylation is 2. The molecule has 1 aromatic carbocycles. The smallest absolute Gasteiger partial charge is 0.259 e. The molecule has 1 amide bonds. The average molecular weight is 273 g/mol. The highest BCUT2D eigenvalue weighted by molar-refractivity contribution is 6.05. The van der Waals surface area contributed by atoms with E-state index in [0.717, 1.165) is 23.6 Å². The molecule has 0 fully saturated rings. The minimum absolute atomic E-state index is 0.157. The van der Waals surface area contributed by atoms with Crippen LogP contribution in [0.25, 0.3) is 0 Å². The van der Waals surface area contributed by atoms with Crippen LogP contribution in [0.4, 0.5) is 5.69 Å². The lowest BCUT2D eigenvalue weighted by Crippen LogP contribution is -2.13. The van der Waals surface area contributed by atoms with Crippen molar-refractivity contribution in [2.45, 2.75) is 27.2 Å². The predicted octanol–water partition coefficient (Wildman–Crippen LogP) is 3.07. The Labute approximate surface area is 118 Å². The van der Waals surface area contributed by atoms with Crippen LogP contribution in [0.2, 0.25) is 0 Å². The molecule has 2 rings (SSSR count). The molecule has 20 heavy (non-hydrogen) atoms. The third-order valence-corrected chi connectivity index (χ3v) is 2.94. The fourth-order valence-corrected chi connectivity index (χ4v) is 1.93. The number of H-pyrrole nitrogens is 1. The number of nitrogens with one attached hydrogen (secondary N) is 2. The highest BCUT2D eigenvalue weighted by atomic mass is 16.5. The van der Waals surface area contributed by atoms with Gasteiger partial charge in [-0.25, -0.2) is 0 Å². The van der Waals surface area contributed by atoms with Crippen molar-refractivity contribution >= 4 is 11.6 Å². The van der Waals surface area contributed by atoms with E-state index in [2.05, 4.69) is 22.4 Å². The number of hydrogen-bond donors (Lipinski definition) is 2. The zero-order chi connectivity index (χ0) is 14.5. The number of hydrogen-bond acceptors (Lipinski definition) is 3. The van der Waals surface area contributed by atoms with Crippen LogP contribution in [0.1, 0.15) is 35.1 Å². The van der Waals surface area contributed by atoms with E-state index in [9.17, 15) is 4.79 Å². The summed E-state index contributed by atoms with van der Waals surface area (Å²) in [5, 5.41) is 9.68. The summed E-state index contributed by atoms with van der Waals surface area (Å²) in [5.74, 6) is 0.650. The van der Waals surface area contributed by atoms with E-state index in [1.807, 2.05) is 31.2 Å². The molecule has 0 bridgehead atoms. The van der Waals surface area contributed by atoms with Gasteiger partial charge in [-0.05, 0) is 44.5 Å². The number of aromatic nitrogens is 2. The van der Waals surface area contributed by atoms with Gasteiger partial charge < -0.3 is 10.1 Å². The Morgan fingerprint density at radius 1 is 1.30 bits per heavy atom. The Bertz CT molecular complexity index is 568. The molecule has 1 heterocycles. The number of amides is 1. The van der Waals surface area contributed by atoms with Gasteiger partial charge in [0.2, 0.25) is 0 Å². The Balaban J connectivity index is 2.05. The van der Waals surface area contributed by atoms with Crippen molar-refractivity contribution in [3.05, 3.63) is 41.2 Å². The van der Waals surface area contributed by atoms with Crippen molar-refractivity contribution in [3.63, 3.8) is 0 Å². The van der Waals surface area contributed by atoms with Gasteiger partial charge in [0.05, 0.1) is 17.9 Å². The first-order valence-electron chi connectivity index (χ1n) is 6.67. The van der Waals surface area contributed by atoms with E-state index in [4.69, 9.17) is 4.74 Å². The molecule has 0 saturated heterocycles. The van der Waals surface area contributed by atoms with Crippen LogP contribution in [0, 0.1) is 13.8 Å². The van der Waals surface area contributed by atoms with Crippen molar-refractivity contribution in [1.82, 2.24) is 10.2 Å². The second-order valence-corrected chi connectivity index (χ2v) is 4.64. The van der Waals surface area contributed by atoms with Crippen molar-refractivity contribution in [1.29, 1.82) is 0 Å². The van der Waals surface area contributed by atoms with E-state index in [0.29, 0.717) is 17.9 Å². The molecule has 2 N–H and O–H groups in total. The highest BCUT2D eigenvalue weighted by Crippen LogP contribution is 2.18. The molecule has 106 valence electrons. The number of ether oxygens (including phenoxy) is 1. The van der Waals surface area contributed by atoms with Gasteiger partial charge in [0.1, 0.15) is 5.75 Å². The molecule has 0 atom stereocenters. The number of benzene rings is 1. The number of rotatable bonds is 5. The van der Waals surface area contributed by atoms with E-state index < -0.39 is 0 Å². The first-order valence-corrected chi connectivity index (χ1v) is 6.67. The van der Waals surface area contributed by atoms with Gasteiger partial charge in [-0.15, -0.1) is 0 Å². The number of anilines is 1. The van der Waals surface area contributed by atoms with Gasteiger partial charge in [0, 0.05) is 11.4 Å². The van der Waals surface area contributed by atoms with Crippen molar-refractivity contribution in [2.75, 3.05) is 11.9 Å². The Morgan fingerprint density at radius 2 is 2.00 bits per heavy atom. The summed E-state index contributed by atoms with van der Waals surface area (Å²) < 4.78 is 5.50. The summed E-state index contributed by atoms with van der Waals surface area (Å²) in [6, 6.07) is 7.35. The minimum Gasteiger partial charge on any atom is -0.494 e. The van der Waals surface area contributed by atoms with Gasteiger partial charge in [-0.3, -0.25) is 9.89 Å². The highest BCUT2D eigenvalue weighted by Gasteiger charge is 2.15. The maximum atomic E-state index is 12.2. The fraction of sp³-hybridized carbons (Fsp3) is 0.333. The molecular weight excluding hydrogens is 254 g/mol. The van der Waals surface area contributed by atoms with Crippen LogP contribution in [0.15, 0.2) is 24.3 Å². The van der Waals surface area contributed by atoms with Gasteiger partial charge in [-0.2, -0.15) is 5.10 Å². The second-order valence-electron chi connectivity index (χ2n) is 4.64. The molecule has 5 nitrogen and oxygen atoms in total. The van der Waals surface area contributed by atoms with Gasteiger partial charge >= 0.3 is 0 Å². The van der Waals surface area contributed by atoms with Crippen LogP contribution in [0.5, 0.6) is 5.75 Å². The molecule has 0 aliphatic heterocycles. The molecule has 0 radical (unpaired) electrons. The van der Waals surface area contributed by atoms with Crippen LogP contribution in [-0.2, 0) is 0 Å². The predicted molar refractivity (Wildman–Crippen MR) is 78.2 cm³/mol. The largest absolute Gasteiger partial charge is 0.494 e. The van der Waals surface area contributed by atoms with Crippen molar-refractivity contribution < 1.29 is 9.53 Å². The molecule has 0 aliphatic rings. The summed E-state index contributed by atoms with van der Waals surface area (Å²) in [7, 11) is 0. The van der Waals surface area contributed by atoms with Crippen LogP contribution < -0.4 is 10.1 Å². The summed E-state index contributed by atoms with van der Waals surface area (Å²) >= 11 is 0. The average Bonchev–Trinajstić information content (AvgIpc) is 2.77. The molecule has 0 saturated carbocycles. The topological polar surface area (TPSA) is 67.0 Å². The Morgan fingerprint density at radius 3 is 2.55 bits per heavy atom. The van der Waals surface area contributed by atoms with Crippen molar-refractivity contribution in [3.8, 4) is 5.75 Å². The quantitative estimate of drug-likeness (QED) is 0.879. The third-order valence-electron chi connectivity index (χ3n) is 2.94. The van der Waals surface area contributed by atoms with Crippen molar-refractivity contribution in [2.24, 2.45) is 0 Å². The first kappa shape index (κ1) is 14.1. The van der Waals surface area contributed by atoms with E-state index in [-0.39, 0.29) is 5.91 Å². The molecule has 5 heteroatoms. The SMILES string of the molecule is CCCOc1ccc(NC(=O)c2c(C)n[nH]c2C)cc1. The summed E-state index contributed by atoms with van der Waals surface area (Å²) in [5.41, 5.74) is 2.79.